The van der Waals surface area contributed by atoms with Crippen molar-refractivity contribution in [2.75, 3.05) is 5.73 Å². The Hall–Kier alpha value is -0.760. The Morgan fingerprint density at radius 2 is 2.20 bits per heavy atom. The van der Waals surface area contributed by atoms with Crippen LogP contribution in [0.3, 0.4) is 0 Å². The van der Waals surface area contributed by atoms with E-state index in [1.807, 2.05) is 12.1 Å². The van der Waals surface area contributed by atoms with E-state index in [9.17, 15) is 0 Å². The summed E-state index contributed by atoms with van der Waals surface area (Å²) in [5, 5.41) is 0.267. The third-order valence-electron chi connectivity index (χ3n) is 2.58. The van der Waals surface area contributed by atoms with E-state index < -0.39 is 0 Å². The normalized spacial score (nSPS) is 13.1. The molecule has 3 heteroatoms. The van der Waals surface area contributed by atoms with Gasteiger partial charge < -0.3 is 5.73 Å². The van der Waals surface area contributed by atoms with Crippen LogP contribution in [0.2, 0.25) is 0 Å². The predicted molar refractivity (Wildman–Crippen MR) is 66.1 cm³/mol. The van der Waals surface area contributed by atoms with Gasteiger partial charge in [0.25, 0.3) is 0 Å². The lowest BCUT2D eigenvalue weighted by molar-refractivity contribution is 0.547. The maximum atomic E-state index is 6.17. The van der Waals surface area contributed by atoms with Crippen molar-refractivity contribution in [2.45, 2.75) is 38.5 Å². The second kappa shape index (κ2) is 5.96. The molecule has 0 fully saturated rings. The van der Waals surface area contributed by atoms with E-state index in [4.69, 9.17) is 17.3 Å². The molecule has 1 aromatic heterocycles. The van der Waals surface area contributed by atoms with Crippen LogP contribution in [-0.4, -0.2) is 10.4 Å². The van der Waals surface area contributed by atoms with Gasteiger partial charge in [0.15, 0.2) is 0 Å². The van der Waals surface area contributed by atoms with Crippen LogP contribution >= 0.6 is 11.6 Å². The summed E-state index contributed by atoms with van der Waals surface area (Å²) in [6.45, 7) is 4.30. The molecule has 0 spiro atoms. The fourth-order valence-corrected chi connectivity index (χ4v) is 1.64. The van der Waals surface area contributed by atoms with E-state index in [1.54, 1.807) is 6.20 Å². The van der Waals surface area contributed by atoms with Gasteiger partial charge in [0.1, 0.15) is 5.82 Å². The molecule has 1 heterocycles. The second-order valence-corrected chi connectivity index (χ2v) is 4.76. The van der Waals surface area contributed by atoms with E-state index in [0.717, 1.165) is 24.8 Å². The van der Waals surface area contributed by atoms with Crippen molar-refractivity contribution >= 4 is 17.4 Å². The summed E-state index contributed by atoms with van der Waals surface area (Å²) < 4.78 is 0. The first-order valence-electron chi connectivity index (χ1n) is 5.44. The number of aromatic nitrogens is 1. The quantitative estimate of drug-likeness (QED) is 0.783. The standard InChI is InChI=1S/C12H19ClN2/c1-9(2)11(13)7-3-5-10-6-4-8-15-12(10)14/h4,6,8-9,11H,3,5,7H2,1-2H3,(H2,14,15). The Kier molecular flexibility index (Phi) is 4.89. The van der Waals surface area contributed by atoms with Gasteiger partial charge in [-0.15, -0.1) is 11.6 Å². The van der Waals surface area contributed by atoms with Gasteiger partial charge in [-0.25, -0.2) is 4.98 Å². The van der Waals surface area contributed by atoms with Crippen molar-refractivity contribution in [1.82, 2.24) is 4.98 Å². The zero-order valence-electron chi connectivity index (χ0n) is 9.41. The number of nitrogens with zero attached hydrogens (tertiary/aromatic N) is 1. The summed E-state index contributed by atoms with van der Waals surface area (Å²) >= 11 is 6.17. The monoisotopic (exact) mass is 226 g/mol. The zero-order chi connectivity index (χ0) is 11.3. The van der Waals surface area contributed by atoms with Gasteiger partial charge in [-0.1, -0.05) is 19.9 Å². The number of pyridine rings is 1. The molecule has 0 saturated carbocycles. The molecular formula is C12H19ClN2. The Labute approximate surface area is 96.8 Å². The minimum atomic E-state index is 0.267. The molecule has 0 amide bonds. The van der Waals surface area contributed by atoms with E-state index in [0.29, 0.717) is 11.7 Å². The first-order chi connectivity index (χ1) is 7.11. The molecule has 15 heavy (non-hydrogen) atoms. The van der Waals surface area contributed by atoms with Crippen LogP contribution in [0, 0.1) is 5.92 Å². The molecule has 1 aromatic rings. The fourth-order valence-electron chi connectivity index (χ4n) is 1.48. The minimum Gasteiger partial charge on any atom is -0.383 e. The van der Waals surface area contributed by atoms with Crippen molar-refractivity contribution in [3.8, 4) is 0 Å². The van der Waals surface area contributed by atoms with Crippen molar-refractivity contribution in [3.05, 3.63) is 23.9 Å². The Morgan fingerprint density at radius 3 is 2.80 bits per heavy atom. The predicted octanol–water partition coefficient (Wildman–Crippen LogP) is 3.25. The van der Waals surface area contributed by atoms with Crippen LogP contribution in [0.5, 0.6) is 0 Å². The van der Waals surface area contributed by atoms with Crippen LogP contribution in [0.1, 0.15) is 32.3 Å². The van der Waals surface area contributed by atoms with Gasteiger partial charge >= 0.3 is 0 Å². The second-order valence-electron chi connectivity index (χ2n) is 4.20. The SMILES string of the molecule is CC(C)C(Cl)CCCc1cccnc1N. The van der Waals surface area contributed by atoms with E-state index >= 15 is 0 Å². The summed E-state index contributed by atoms with van der Waals surface area (Å²) in [7, 11) is 0. The summed E-state index contributed by atoms with van der Waals surface area (Å²) in [6, 6.07) is 3.95. The molecule has 1 rings (SSSR count). The number of nitrogens with two attached hydrogens (primary N) is 1. The molecular weight excluding hydrogens is 208 g/mol. The summed E-state index contributed by atoms with van der Waals surface area (Å²) in [4.78, 5) is 4.06. The van der Waals surface area contributed by atoms with Gasteiger partial charge in [-0.3, -0.25) is 0 Å². The van der Waals surface area contributed by atoms with E-state index in [-0.39, 0.29) is 5.38 Å². The molecule has 0 aliphatic heterocycles. The third kappa shape index (κ3) is 4.08. The molecule has 84 valence electrons. The van der Waals surface area contributed by atoms with Gasteiger partial charge in [0, 0.05) is 11.6 Å². The van der Waals surface area contributed by atoms with Crippen molar-refractivity contribution in [3.63, 3.8) is 0 Å². The highest BCUT2D eigenvalue weighted by atomic mass is 35.5. The Bertz CT molecular complexity index is 299. The lowest BCUT2D eigenvalue weighted by Crippen LogP contribution is -2.08. The number of rotatable bonds is 5. The lowest BCUT2D eigenvalue weighted by Gasteiger charge is -2.12. The topological polar surface area (TPSA) is 38.9 Å². The Morgan fingerprint density at radius 1 is 1.47 bits per heavy atom. The minimum absolute atomic E-state index is 0.267. The van der Waals surface area contributed by atoms with Crippen LogP contribution in [0.15, 0.2) is 18.3 Å². The average molecular weight is 227 g/mol. The number of aryl methyl sites for hydroxylation is 1. The van der Waals surface area contributed by atoms with Crippen LogP contribution in [0.25, 0.3) is 0 Å². The molecule has 0 radical (unpaired) electrons. The van der Waals surface area contributed by atoms with E-state index in [2.05, 4.69) is 18.8 Å². The summed E-state index contributed by atoms with van der Waals surface area (Å²) in [5.41, 5.74) is 6.88. The fraction of sp³-hybridized carbons (Fsp3) is 0.583. The lowest BCUT2D eigenvalue weighted by atomic mass is 10.0. The zero-order valence-corrected chi connectivity index (χ0v) is 10.2. The number of alkyl halides is 1. The third-order valence-corrected chi connectivity index (χ3v) is 3.30. The van der Waals surface area contributed by atoms with Gasteiger partial charge in [0.05, 0.1) is 0 Å². The number of halogens is 1. The number of hydrogen-bond acceptors (Lipinski definition) is 2. The first-order valence-corrected chi connectivity index (χ1v) is 5.88. The molecule has 2 nitrogen and oxygen atoms in total. The average Bonchev–Trinajstić information content (AvgIpc) is 2.20. The summed E-state index contributed by atoms with van der Waals surface area (Å²) in [6.07, 6.45) is 4.79. The molecule has 0 aliphatic rings. The van der Waals surface area contributed by atoms with Crippen LogP contribution in [-0.2, 0) is 6.42 Å². The molecule has 0 saturated heterocycles. The highest BCUT2D eigenvalue weighted by molar-refractivity contribution is 6.20. The molecule has 0 aliphatic carbocycles. The van der Waals surface area contributed by atoms with Crippen molar-refractivity contribution < 1.29 is 0 Å². The number of hydrogen-bond donors (Lipinski definition) is 1. The van der Waals surface area contributed by atoms with Crippen LogP contribution < -0.4 is 5.73 Å². The van der Waals surface area contributed by atoms with Gasteiger partial charge in [-0.2, -0.15) is 0 Å². The molecule has 0 bridgehead atoms. The summed E-state index contributed by atoms with van der Waals surface area (Å²) in [5.74, 6) is 1.19. The van der Waals surface area contributed by atoms with Crippen molar-refractivity contribution in [1.29, 1.82) is 0 Å². The van der Waals surface area contributed by atoms with Crippen LogP contribution in [0.4, 0.5) is 5.82 Å². The van der Waals surface area contributed by atoms with Gasteiger partial charge in [-0.05, 0) is 36.8 Å². The Balaban J connectivity index is 2.35. The van der Waals surface area contributed by atoms with E-state index in [1.165, 1.54) is 0 Å². The van der Waals surface area contributed by atoms with Crippen molar-refractivity contribution in [2.24, 2.45) is 5.92 Å². The number of nitrogen functional groups attached to an aromatic ring is 1. The number of anilines is 1. The maximum Gasteiger partial charge on any atom is 0.126 e. The first kappa shape index (κ1) is 12.3. The molecule has 1 atom stereocenters. The highest BCUT2D eigenvalue weighted by Crippen LogP contribution is 2.18. The molecule has 1 unspecified atom stereocenters. The highest BCUT2D eigenvalue weighted by Gasteiger charge is 2.09. The maximum absolute atomic E-state index is 6.17. The molecule has 0 aromatic carbocycles. The smallest absolute Gasteiger partial charge is 0.126 e. The molecule has 2 N–H and O–H groups in total. The van der Waals surface area contributed by atoms with Gasteiger partial charge in [0.2, 0.25) is 0 Å². The largest absolute Gasteiger partial charge is 0.383 e.